The van der Waals surface area contributed by atoms with Crippen molar-refractivity contribution in [2.75, 3.05) is 5.75 Å². The van der Waals surface area contributed by atoms with Gasteiger partial charge in [-0.1, -0.05) is 31.4 Å². The highest BCUT2D eigenvalue weighted by Gasteiger charge is 2.19. The van der Waals surface area contributed by atoms with Crippen LogP contribution in [0.4, 0.5) is 0 Å². The van der Waals surface area contributed by atoms with Crippen LogP contribution in [-0.4, -0.2) is 26.0 Å². The Morgan fingerprint density at radius 3 is 2.95 bits per heavy atom. The summed E-state index contributed by atoms with van der Waals surface area (Å²) in [7, 11) is 0. The van der Waals surface area contributed by atoms with Crippen molar-refractivity contribution in [3.05, 3.63) is 11.9 Å². The molecular weight excluding hydrogens is 258 g/mol. The molecule has 0 bridgehead atoms. The van der Waals surface area contributed by atoms with E-state index in [4.69, 9.17) is 5.84 Å². The smallest absolute Gasteiger partial charge is 0.0778 e. The Labute approximate surface area is 119 Å². The molecule has 19 heavy (non-hydrogen) atoms. The van der Waals surface area contributed by atoms with Gasteiger partial charge in [-0.3, -0.25) is 11.3 Å². The van der Waals surface area contributed by atoms with E-state index in [2.05, 4.69) is 22.7 Å². The van der Waals surface area contributed by atoms with E-state index in [1.807, 2.05) is 22.6 Å². The fourth-order valence-electron chi connectivity index (χ4n) is 2.60. The van der Waals surface area contributed by atoms with Crippen LogP contribution in [0.1, 0.15) is 57.2 Å². The monoisotopic (exact) mass is 283 g/mol. The molecular formula is C13H25N5S. The van der Waals surface area contributed by atoms with Crippen molar-refractivity contribution in [3.8, 4) is 0 Å². The molecule has 5 nitrogen and oxygen atoms in total. The predicted molar refractivity (Wildman–Crippen MR) is 79.7 cm³/mol. The Hall–Kier alpha value is -0.590. The Morgan fingerprint density at radius 1 is 1.47 bits per heavy atom. The Balaban J connectivity index is 1.89. The zero-order valence-electron chi connectivity index (χ0n) is 11.7. The van der Waals surface area contributed by atoms with Crippen LogP contribution in [0.3, 0.4) is 0 Å². The maximum atomic E-state index is 5.71. The standard InChI is InChI=1S/C13H25N5S/c1-2-8-18-13(9-15-17-18)12(16-14)10-19-11-6-4-3-5-7-11/h9,11-12,16H,2-8,10,14H2,1H3. The fraction of sp³-hybridized carbons (Fsp3) is 0.846. The van der Waals surface area contributed by atoms with Gasteiger partial charge in [0.1, 0.15) is 0 Å². The molecule has 108 valence electrons. The molecule has 1 aliphatic carbocycles. The molecule has 1 aliphatic rings. The molecule has 0 amide bonds. The van der Waals surface area contributed by atoms with E-state index in [9.17, 15) is 0 Å². The summed E-state index contributed by atoms with van der Waals surface area (Å²) >= 11 is 2.04. The van der Waals surface area contributed by atoms with Crippen LogP contribution in [0.25, 0.3) is 0 Å². The average molecular weight is 283 g/mol. The van der Waals surface area contributed by atoms with Crippen LogP contribution in [0, 0.1) is 0 Å². The zero-order valence-corrected chi connectivity index (χ0v) is 12.5. The molecule has 0 saturated heterocycles. The SMILES string of the molecule is CCCn1nncc1C(CSC1CCCCC1)NN. The number of hydrogen-bond acceptors (Lipinski definition) is 5. The Morgan fingerprint density at radius 2 is 2.26 bits per heavy atom. The van der Waals surface area contributed by atoms with Crippen molar-refractivity contribution >= 4 is 11.8 Å². The second-order valence-corrected chi connectivity index (χ2v) is 6.53. The predicted octanol–water partition coefficient (Wildman–Crippen LogP) is 2.26. The first kappa shape index (κ1) is 14.8. The van der Waals surface area contributed by atoms with Crippen molar-refractivity contribution in [1.82, 2.24) is 20.4 Å². The van der Waals surface area contributed by atoms with Crippen molar-refractivity contribution < 1.29 is 0 Å². The van der Waals surface area contributed by atoms with Crippen molar-refractivity contribution in [1.29, 1.82) is 0 Å². The van der Waals surface area contributed by atoms with Gasteiger partial charge in [-0.05, 0) is 19.3 Å². The number of rotatable bonds is 7. The minimum atomic E-state index is 0.147. The third-order valence-electron chi connectivity index (χ3n) is 3.69. The van der Waals surface area contributed by atoms with Gasteiger partial charge in [-0.25, -0.2) is 4.68 Å². The maximum absolute atomic E-state index is 5.71. The summed E-state index contributed by atoms with van der Waals surface area (Å²) in [5.41, 5.74) is 4.03. The third kappa shape index (κ3) is 4.19. The normalized spacial score (nSPS) is 18.6. The van der Waals surface area contributed by atoms with Crippen LogP contribution >= 0.6 is 11.8 Å². The van der Waals surface area contributed by atoms with Gasteiger partial charge in [0.2, 0.25) is 0 Å². The number of hydrogen-bond donors (Lipinski definition) is 2. The second-order valence-electron chi connectivity index (χ2n) is 5.19. The molecule has 1 heterocycles. The summed E-state index contributed by atoms with van der Waals surface area (Å²) in [6.45, 7) is 3.05. The quantitative estimate of drug-likeness (QED) is 0.593. The summed E-state index contributed by atoms with van der Waals surface area (Å²) in [5.74, 6) is 6.71. The topological polar surface area (TPSA) is 68.8 Å². The highest BCUT2D eigenvalue weighted by molar-refractivity contribution is 7.99. The van der Waals surface area contributed by atoms with E-state index in [0.717, 1.165) is 29.7 Å². The van der Waals surface area contributed by atoms with E-state index in [1.165, 1.54) is 32.1 Å². The van der Waals surface area contributed by atoms with Crippen LogP contribution in [0.5, 0.6) is 0 Å². The van der Waals surface area contributed by atoms with Crippen LogP contribution in [0.15, 0.2) is 6.20 Å². The molecule has 6 heteroatoms. The number of nitrogens with two attached hydrogens (primary N) is 1. The number of nitrogens with zero attached hydrogens (tertiary/aromatic N) is 3. The highest BCUT2D eigenvalue weighted by atomic mass is 32.2. The summed E-state index contributed by atoms with van der Waals surface area (Å²) in [4.78, 5) is 0. The van der Waals surface area contributed by atoms with E-state index >= 15 is 0 Å². The number of nitrogens with one attached hydrogen (secondary N) is 1. The van der Waals surface area contributed by atoms with E-state index in [1.54, 1.807) is 0 Å². The van der Waals surface area contributed by atoms with E-state index in [-0.39, 0.29) is 6.04 Å². The molecule has 1 fully saturated rings. The highest BCUT2D eigenvalue weighted by Crippen LogP contribution is 2.30. The van der Waals surface area contributed by atoms with Gasteiger partial charge in [0.25, 0.3) is 0 Å². The largest absolute Gasteiger partial charge is 0.271 e. The lowest BCUT2D eigenvalue weighted by molar-refractivity contribution is 0.496. The minimum absolute atomic E-state index is 0.147. The molecule has 0 aromatic carbocycles. The maximum Gasteiger partial charge on any atom is 0.0778 e. The van der Waals surface area contributed by atoms with Crippen molar-refractivity contribution in [2.24, 2.45) is 5.84 Å². The molecule has 2 rings (SSSR count). The summed E-state index contributed by atoms with van der Waals surface area (Å²) in [6, 6.07) is 0.147. The van der Waals surface area contributed by atoms with Crippen molar-refractivity contribution in [2.45, 2.75) is 63.3 Å². The molecule has 1 atom stereocenters. The van der Waals surface area contributed by atoms with Crippen LogP contribution in [0.2, 0.25) is 0 Å². The first-order valence-corrected chi connectivity index (χ1v) is 8.36. The summed E-state index contributed by atoms with van der Waals surface area (Å²) in [5, 5.41) is 8.95. The van der Waals surface area contributed by atoms with Gasteiger partial charge in [0.15, 0.2) is 0 Å². The molecule has 0 spiro atoms. The lowest BCUT2D eigenvalue weighted by Gasteiger charge is -2.23. The molecule has 0 radical (unpaired) electrons. The number of aromatic nitrogens is 3. The fourth-order valence-corrected chi connectivity index (χ4v) is 4.00. The minimum Gasteiger partial charge on any atom is -0.271 e. The second kappa shape index (κ2) is 7.87. The van der Waals surface area contributed by atoms with Crippen LogP contribution < -0.4 is 11.3 Å². The molecule has 1 aromatic heterocycles. The van der Waals surface area contributed by atoms with Crippen LogP contribution in [-0.2, 0) is 6.54 Å². The molecule has 1 aromatic rings. The molecule has 3 N–H and O–H groups in total. The molecule has 1 unspecified atom stereocenters. The van der Waals surface area contributed by atoms with E-state index in [0.29, 0.717) is 0 Å². The number of hydrazine groups is 1. The molecule has 1 saturated carbocycles. The van der Waals surface area contributed by atoms with Gasteiger partial charge < -0.3 is 0 Å². The average Bonchev–Trinajstić information content (AvgIpc) is 2.90. The first-order chi connectivity index (χ1) is 9.35. The van der Waals surface area contributed by atoms with Gasteiger partial charge >= 0.3 is 0 Å². The first-order valence-electron chi connectivity index (χ1n) is 7.31. The third-order valence-corrected chi connectivity index (χ3v) is 5.16. The van der Waals surface area contributed by atoms with Gasteiger partial charge in [0.05, 0.1) is 17.9 Å². The molecule has 0 aliphatic heterocycles. The van der Waals surface area contributed by atoms with Gasteiger partial charge in [-0.15, -0.1) is 5.10 Å². The Bertz CT molecular complexity index is 362. The Kier molecular flexibility index (Phi) is 6.13. The number of aryl methyl sites for hydroxylation is 1. The number of thioether (sulfide) groups is 1. The zero-order chi connectivity index (χ0) is 13.5. The van der Waals surface area contributed by atoms with Gasteiger partial charge in [0, 0.05) is 17.5 Å². The summed E-state index contributed by atoms with van der Waals surface area (Å²) < 4.78 is 1.96. The lowest BCUT2D eigenvalue weighted by Crippen LogP contribution is -2.32. The lowest BCUT2D eigenvalue weighted by atomic mass is 10.0. The van der Waals surface area contributed by atoms with Gasteiger partial charge in [-0.2, -0.15) is 11.8 Å². The van der Waals surface area contributed by atoms with Crippen molar-refractivity contribution in [3.63, 3.8) is 0 Å². The summed E-state index contributed by atoms with van der Waals surface area (Å²) in [6.07, 6.45) is 9.78. The van der Waals surface area contributed by atoms with E-state index < -0.39 is 0 Å².